The Bertz CT molecular complexity index is 481. The van der Waals surface area contributed by atoms with Crippen molar-refractivity contribution in [2.24, 2.45) is 0 Å². The molecule has 0 fully saturated rings. The summed E-state index contributed by atoms with van der Waals surface area (Å²) < 4.78 is 9.65. The molecular formula is C17H26N2O6. The number of hydrogen-bond donors (Lipinski definition) is 2. The predicted molar refractivity (Wildman–Crippen MR) is 91.4 cm³/mol. The maximum absolute atomic E-state index is 11.5. The molecule has 8 nitrogen and oxygen atoms in total. The van der Waals surface area contributed by atoms with Crippen LogP contribution in [0.25, 0.3) is 0 Å². The summed E-state index contributed by atoms with van der Waals surface area (Å²) in [6, 6.07) is 0. The normalized spacial score (nSPS) is 9.68. The van der Waals surface area contributed by atoms with E-state index in [1.165, 1.54) is 13.8 Å². The summed E-state index contributed by atoms with van der Waals surface area (Å²) in [5.74, 6) is -1.45. The topological polar surface area (TPSA) is 111 Å². The molecule has 25 heavy (non-hydrogen) atoms. The smallest absolute Gasteiger partial charge is 0.333 e. The molecule has 0 spiro atoms. The highest BCUT2D eigenvalue weighted by atomic mass is 16.5. The minimum Gasteiger partial charge on any atom is -0.460 e. The van der Waals surface area contributed by atoms with Gasteiger partial charge in [0.1, 0.15) is 13.2 Å². The third-order valence-electron chi connectivity index (χ3n) is 2.82. The minimum absolute atomic E-state index is 0.0703. The van der Waals surface area contributed by atoms with Crippen LogP contribution in [0, 0.1) is 0 Å². The van der Waals surface area contributed by atoms with E-state index < -0.39 is 11.9 Å². The van der Waals surface area contributed by atoms with Crippen LogP contribution >= 0.6 is 0 Å². The van der Waals surface area contributed by atoms with E-state index in [2.05, 4.69) is 23.8 Å². The van der Waals surface area contributed by atoms with Gasteiger partial charge in [0.15, 0.2) is 0 Å². The molecule has 0 aliphatic carbocycles. The van der Waals surface area contributed by atoms with Crippen molar-refractivity contribution in [1.82, 2.24) is 10.6 Å². The summed E-state index contributed by atoms with van der Waals surface area (Å²) in [6.45, 7) is 10.5. The van der Waals surface area contributed by atoms with Crippen molar-refractivity contribution in [3.8, 4) is 0 Å². The van der Waals surface area contributed by atoms with Gasteiger partial charge in [-0.3, -0.25) is 9.59 Å². The van der Waals surface area contributed by atoms with Crippen LogP contribution in [0.1, 0.15) is 33.1 Å². The summed E-state index contributed by atoms with van der Waals surface area (Å²) in [6.07, 6.45) is 0.758. The molecule has 0 bridgehead atoms. The Morgan fingerprint density at radius 1 is 0.760 bits per heavy atom. The van der Waals surface area contributed by atoms with Gasteiger partial charge in [-0.25, -0.2) is 9.59 Å². The number of amides is 2. The highest BCUT2D eigenvalue weighted by Crippen LogP contribution is 1.96. The third-order valence-corrected chi connectivity index (χ3v) is 2.82. The molecule has 2 amide bonds. The highest BCUT2D eigenvalue weighted by molar-refractivity contribution is 5.87. The maximum Gasteiger partial charge on any atom is 0.333 e. The number of hydrogen-bond acceptors (Lipinski definition) is 6. The molecule has 140 valence electrons. The van der Waals surface area contributed by atoms with Gasteiger partial charge in [-0.1, -0.05) is 13.2 Å². The van der Waals surface area contributed by atoms with E-state index in [4.69, 9.17) is 9.47 Å². The van der Waals surface area contributed by atoms with Crippen LogP contribution in [0.5, 0.6) is 0 Å². The Balaban J connectivity index is 3.61. The molecule has 0 saturated carbocycles. The fraction of sp³-hybridized carbons (Fsp3) is 0.529. The lowest BCUT2D eigenvalue weighted by Crippen LogP contribution is -2.29. The van der Waals surface area contributed by atoms with E-state index in [1.807, 2.05) is 0 Å². The van der Waals surface area contributed by atoms with Crippen LogP contribution in [0.4, 0.5) is 0 Å². The average Bonchev–Trinajstić information content (AvgIpc) is 2.54. The van der Waals surface area contributed by atoms with E-state index in [-0.39, 0.29) is 51.0 Å². The number of carbonyl (C=O) groups excluding carboxylic acids is 4. The van der Waals surface area contributed by atoms with Crippen molar-refractivity contribution in [3.63, 3.8) is 0 Å². The van der Waals surface area contributed by atoms with Gasteiger partial charge < -0.3 is 20.1 Å². The first-order valence-corrected chi connectivity index (χ1v) is 7.92. The largest absolute Gasteiger partial charge is 0.460 e. The second kappa shape index (κ2) is 12.7. The first kappa shape index (κ1) is 22.4. The van der Waals surface area contributed by atoms with E-state index >= 15 is 0 Å². The molecule has 0 aliphatic heterocycles. The molecule has 0 saturated heterocycles. The molecule has 8 heteroatoms. The van der Waals surface area contributed by atoms with Crippen LogP contribution in [0.15, 0.2) is 24.3 Å². The summed E-state index contributed by atoms with van der Waals surface area (Å²) in [5, 5.41) is 5.17. The summed E-state index contributed by atoms with van der Waals surface area (Å²) >= 11 is 0. The molecular weight excluding hydrogens is 328 g/mol. The lowest BCUT2D eigenvalue weighted by molar-refractivity contribution is -0.139. The molecule has 0 aliphatic rings. The molecule has 0 aromatic carbocycles. The molecule has 0 unspecified atom stereocenters. The maximum atomic E-state index is 11.5. The SMILES string of the molecule is C=C(C)C(=O)OCCNC(=O)CCCC(=O)NCCOC(=O)C(=C)C. The Labute approximate surface area is 147 Å². The number of nitrogens with one attached hydrogen (secondary N) is 2. The van der Waals surface area contributed by atoms with Crippen LogP contribution in [0.2, 0.25) is 0 Å². The van der Waals surface area contributed by atoms with Gasteiger partial charge in [-0.2, -0.15) is 0 Å². The molecule has 0 aromatic heterocycles. The number of ether oxygens (including phenoxy) is 2. The highest BCUT2D eigenvalue weighted by Gasteiger charge is 2.07. The molecule has 0 aromatic rings. The second-order valence-electron chi connectivity index (χ2n) is 5.39. The van der Waals surface area contributed by atoms with Crippen molar-refractivity contribution in [2.75, 3.05) is 26.3 Å². The van der Waals surface area contributed by atoms with Crippen molar-refractivity contribution in [1.29, 1.82) is 0 Å². The van der Waals surface area contributed by atoms with Crippen molar-refractivity contribution in [3.05, 3.63) is 24.3 Å². The van der Waals surface area contributed by atoms with Gasteiger partial charge in [0.2, 0.25) is 11.8 Å². The quantitative estimate of drug-likeness (QED) is 0.302. The molecule has 0 heterocycles. The van der Waals surface area contributed by atoms with Gasteiger partial charge >= 0.3 is 11.9 Å². The lowest BCUT2D eigenvalue weighted by atomic mass is 10.2. The predicted octanol–water partition coefficient (Wildman–Crippen LogP) is 0.628. The van der Waals surface area contributed by atoms with Gasteiger partial charge in [0.25, 0.3) is 0 Å². The van der Waals surface area contributed by atoms with Crippen molar-refractivity contribution >= 4 is 23.8 Å². The zero-order chi connectivity index (χ0) is 19.2. The Kier molecular flexibility index (Phi) is 11.4. The van der Waals surface area contributed by atoms with Crippen molar-refractivity contribution < 1.29 is 28.7 Å². The number of carbonyl (C=O) groups is 4. The second-order valence-corrected chi connectivity index (χ2v) is 5.39. The van der Waals surface area contributed by atoms with Crippen LogP contribution in [-0.4, -0.2) is 50.1 Å². The Morgan fingerprint density at radius 2 is 1.12 bits per heavy atom. The standard InChI is InChI=1S/C17H26N2O6/c1-12(2)16(22)24-10-8-18-14(20)6-5-7-15(21)19-9-11-25-17(23)13(3)4/h1,3,5-11H2,2,4H3,(H,18,20)(H,19,21). The first-order valence-electron chi connectivity index (χ1n) is 7.92. The number of esters is 2. The first-order chi connectivity index (χ1) is 11.7. The summed E-state index contributed by atoms with van der Waals surface area (Å²) in [4.78, 5) is 45.3. The Hall–Kier alpha value is -2.64. The Morgan fingerprint density at radius 3 is 1.44 bits per heavy atom. The fourth-order valence-electron chi connectivity index (χ4n) is 1.50. The van der Waals surface area contributed by atoms with E-state index in [0.29, 0.717) is 17.6 Å². The molecule has 0 atom stereocenters. The number of rotatable bonds is 12. The lowest BCUT2D eigenvalue weighted by Gasteiger charge is -2.07. The zero-order valence-corrected chi connectivity index (χ0v) is 14.8. The molecule has 2 N–H and O–H groups in total. The van der Waals surface area contributed by atoms with Gasteiger partial charge in [0, 0.05) is 24.0 Å². The van der Waals surface area contributed by atoms with Gasteiger partial charge in [0.05, 0.1) is 13.1 Å². The molecule has 0 rings (SSSR count). The molecule has 0 radical (unpaired) electrons. The fourth-order valence-corrected chi connectivity index (χ4v) is 1.50. The van der Waals surface area contributed by atoms with E-state index in [9.17, 15) is 19.2 Å². The minimum atomic E-state index is -0.500. The summed E-state index contributed by atoms with van der Waals surface area (Å²) in [5.41, 5.74) is 0.596. The van der Waals surface area contributed by atoms with Crippen LogP contribution in [0.3, 0.4) is 0 Å². The van der Waals surface area contributed by atoms with Crippen LogP contribution < -0.4 is 10.6 Å². The average molecular weight is 354 g/mol. The van der Waals surface area contributed by atoms with E-state index in [0.717, 1.165) is 0 Å². The van der Waals surface area contributed by atoms with E-state index in [1.54, 1.807) is 0 Å². The zero-order valence-electron chi connectivity index (χ0n) is 14.8. The summed E-state index contributed by atoms with van der Waals surface area (Å²) in [7, 11) is 0. The van der Waals surface area contributed by atoms with Gasteiger partial charge in [-0.05, 0) is 20.3 Å². The van der Waals surface area contributed by atoms with Gasteiger partial charge in [-0.15, -0.1) is 0 Å². The van der Waals surface area contributed by atoms with Crippen molar-refractivity contribution in [2.45, 2.75) is 33.1 Å². The third kappa shape index (κ3) is 12.4. The van der Waals surface area contributed by atoms with Crippen LogP contribution in [-0.2, 0) is 28.7 Å². The monoisotopic (exact) mass is 354 g/mol.